The molecule has 6 heteroatoms. The molecular weight excluding hydrogens is 418 g/mol. The summed E-state index contributed by atoms with van der Waals surface area (Å²) in [5, 5.41) is 4.34. The predicted molar refractivity (Wildman–Crippen MR) is 128 cm³/mol. The SMILES string of the molecule is COC(=O)CCCC=CC[C@H]1CO[C@@H](C)O[C@H]1C=NOC(c1ccccc1)c1ccccc1. The topological polar surface area (TPSA) is 66.4 Å². The summed E-state index contributed by atoms with van der Waals surface area (Å²) in [6.07, 6.45) is 7.99. The van der Waals surface area contributed by atoms with Crippen molar-refractivity contribution in [3.63, 3.8) is 0 Å². The Labute approximate surface area is 196 Å². The summed E-state index contributed by atoms with van der Waals surface area (Å²) in [4.78, 5) is 17.2. The van der Waals surface area contributed by atoms with Crippen LogP contribution in [0, 0.1) is 5.92 Å². The van der Waals surface area contributed by atoms with Crippen molar-refractivity contribution in [2.75, 3.05) is 13.7 Å². The van der Waals surface area contributed by atoms with Gasteiger partial charge in [0, 0.05) is 12.3 Å². The van der Waals surface area contributed by atoms with E-state index in [9.17, 15) is 4.79 Å². The molecule has 0 bridgehead atoms. The Balaban J connectivity index is 1.59. The van der Waals surface area contributed by atoms with Crippen LogP contribution in [-0.4, -0.2) is 38.3 Å². The number of hydrogen-bond donors (Lipinski definition) is 0. The first-order chi connectivity index (χ1) is 16.2. The van der Waals surface area contributed by atoms with Crippen LogP contribution in [0.2, 0.25) is 0 Å². The lowest BCUT2D eigenvalue weighted by Gasteiger charge is -2.32. The number of esters is 1. The number of carbonyl (C=O) groups excluding carboxylic acids is 1. The number of unbranched alkanes of at least 4 members (excludes halogenated alkanes) is 1. The number of benzene rings is 2. The van der Waals surface area contributed by atoms with E-state index in [4.69, 9.17) is 14.3 Å². The fourth-order valence-corrected chi connectivity index (χ4v) is 3.67. The van der Waals surface area contributed by atoms with Gasteiger partial charge in [0.2, 0.25) is 0 Å². The number of methoxy groups -OCH3 is 1. The smallest absolute Gasteiger partial charge is 0.305 e. The third-order valence-corrected chi connectivity index (χ3v) is 5.52. The molecule has 0 aromatic heterocycles. The molecule has 0 N–H and O–H groups in total. The molecular formula is C27H33NO5. The van der Waals surface area contributed by atoms with E-state index in [0.29, 0.717) is 13.0 Å². The first-order valence-corrected chi connectivity index (χ1v) is 11.5. The number of allylic oxidation sites excluding steroid dienone is 2. The van der Waals surface area contributed by atoms with E-state index < -0.39 is 0 Å². The fourth-order valence-electron chi connectivity index (χ4n) is 3.67. The van der Waals surface area contributed by atoms with Gasteiger partial charge in [-0.15, -0.1) is 0 Å². The zero-order chi connectivity index (χ0) is 23.3. The van der Waals surface area contributed by atoms with Gasteiger partial charge in [-0.3, -0.25) is 4.79 Å². The zero-order valence-corrected chi connectivity index (χ0v) is 19.3. The second-order valence-corrected chi connectivity index (χ2v) is 8.00. The van der Waals surface area contributed by atoms with Crippen LogP contribution in [0.15, 0.2) is 78.0 Å². The molecule has 0 amide bonds. The van der Waals surface area contributed by atoms with Crippen molar-refractivity contribution in [3.05, 3.63) is 83.9 Å². The van der Waals surface area contributed by atoms with Crippen molar-refractivity contribution in [2.45, 2.75) is 51.1 Å². The highest BCUT2D eigenvalue weighted by atomic mass is 16.7. The minimum atomic E-state index is -0.297. The maximum Gasteiger partial charge on any atom is 0.305 e. The maximum absolute atomic E-state index is 11.2. The van der Waals surface area contributed by atoms with Crippen LogP contribution >= 0.6 is 0 Å². The molecule has 0 spiro atoms. The summed E-state index contributed by atoms with van der Waals surface area (Å²) in [5.74, 6) is -0.0376. The van der Waals surface area contributed by atoms with Crippen LogP contribution in [0.4, 0.5) is 0 Å². The quantitative estimate of drug-likeness (QED) is 0.150. The van der Waals surface area contributed by atoms with Gasteiger partial charge in [0.1, 0.15) is 6.10 Å². The van der Waals surface area contributed by atoms with E-state index in [0.717, 1.165) is 30.4 Å². The zero-order valence-electron chi connectivity index (χ0n) is 19.3. The predicted octanol–water partition coefficient (Wildman–Crippen LogP) is 5.45. The molecule has 176 valence electrons. The summed E-state index contributed by atoms with van der Waals surface area (Å²) in [7, 11) is 1.41. The molecule has 1 aliphatic rings. The van der Waals surface area contributed by atoms with Gasteiger partial charge in [-0.2, -0.15) is 0 Å². The number of carbonyl (C=O) groups is 1. The number of rotatable bonds is 11. The first kappa shape index (κ1) is 24.7. The molecule has 6 nitrogen and oxygen atoms in total. The monoisotopic (exact) mass is 451 g/mol. The van der Waals surface area contributed by atoms with Crippen LogP contribution in [0.1, 0.15) is 49.8 Å². The van der Waals surface area contributed by atoms with Crippen LogP contribution in [0.25, 0.3) is 0 Å². The number of oxime groups is 1. The standard InChI is InChI=1S/C27H33NO5/c1-21-31-20-24(17-7-3-4-12-18-26(29)30-2)25(32-21)19-28-33-27(22-13-8-5-9-14-22)23-15-10-6-11-16-23/h3,5-11,13-16,19,21,24-25,27H,4,12,17-18,20H2,1-2H3/t21-,24+,25+/m1/s1. The van der Waals surface area contributed by atoms with Crippen molar-refractivity contribution < 1.29 is 23.8 Å². The Morgan fingerprint density at radius 2 is 1.76 bits per heavy atom. The molecule has 3 atom stereocenters. The van der Waals surface area contributed by atoms with Gasteiger partial charge in [-0.25, -0.2) is 0 Å². The van der Waals surface area contributed by atoms with Gasteiger partial charge < -0.3 is 19.0 Å². The van der Waals surface area contributed by atoms with E-state index in [1.807, 2.05) is 67.6 Å². The van der Waals surface area contributed by atoms with E-state index >= 15 is 0 Å². The van der Waals surface area contributed by atoms with Gasteiger partial charge in [0.25, 0.3) is 0 Å². The Kier molecular flexibility index (Phi) is 10.1. The van der Waals surface area contributed by atoms with Crippen LogP contribution < -0.4 is 0 Å². The highest BCUT2D eigenvalue weighted by molar-refractivity contribution is 5.69. The van der Waals surface area contributed by atoms with Crippen molar-refractivity contribution in [2.24, 2.45) is 11.1 Å². The Hall–Kier alpha value is -2.96. The number of hydrogen-bond acceptors (Lipinski definition) is 6. The molecule has 1 saturated heterocycles. The molecule has 2 aromatic carbocycles. The van der Waals surface area contributed by atoms with E-state index in [-0.39, 0.29) is 30.4 Å². The molecule has 33 heavy (non-hydrogen) atoms. The molecule has 0 saturated carbocycles. The summed E-state index contributed by atoms with van der Waals surface area (Å²) in [5.41, 5.74) is 2.07. The largest absolute Gasteiger partial charge is 0.469 e. The average Bonchev–Trinajstić information content (AvgIpc) is 2.86. The summed E-state index contributed by atoms with van der Waals surface area (Å²) in [6.45, 7) is 2.47. The highest BCUT2D eigenvalue weighted by Crippen LogP contribution is 2.27. The summed E-state index contributed by atoms with van der Waals surface area (Å²) in [6, 6.07) is 20.1. The molecule has 0 radical (unpaired) electrons. The second kappa shape index (κ2) is 13.6. The lowest BCUT2D eigenvalue weighted by Crippen LogP contribution is -2.39. The lowest BCUT2D eigenvalue weighted by molar-refractivity contribution is -0.207. The average molecular weight is 452 g/mol. The summed E-state index contributed by atoms with van der Waals surface area (Å²) >= 11 is 0. The van der Waals surface area contributed by atoms with E-state index in [1.54, 1.807) is 6.21 Å². The third-order valence-electron chi connectivity index (χ3n) is 5.52. The molecule has 0 aliphatic carbocycles. The Morgan fingerprint density at radius 1 is 1.09 bits per heavy atom. The van der Waals surface area contributed by atoms with Crippen LogP contribution in [0.5, 0.6) is 0 Å². The van der Waals surface area contributed by atoms with Crippen molar-refractivity contribution in [1.29, 1.82) is 0 Å². The van der Waals surface area contributed by atoms with Crippen LogP contribution in [-0.2, 0) is 23.8 Å². The molecule has 0 unspecified atom stereocenters. The second-order valence-electron chi connectivity index (χ2n) is 8.00. The fraction of sp³-hybridized carbons (Fsp3) is 0.407. The van der Waals surface area contributed by atoms with Crippen molar-refractivity contribution in [1.82, 2.24) is 0 Å². The van der Waals surface area contributed by atoms with Gasteiger partial charge in [-0.05, 0) is 37.3 Å². The molecule has 1 aliphatic heterocycles. The van der Waals surface area contributed by atoms with Gasteiger partial charge in [0.05, 0.1) is 19.9 Å². The van der Waals surface area contributed by atoms with E-state index in [2.05, 4.69) is 22.0 Å². The van der Waals surface area contributed by atoms with Gasteiger partial charge in [-0.1, -0.05) is 78.0 Å². The Bertz CT molecular complexity index is 844. The molecule has 2 aromatic rings. The highest BCUT2D eigenvalue weighted by Gasteiger charge is 2.28. The van der Waals surface area contributed by atoms with Crippen LogP contribution in [0.3, 0.4) is 0 Å². The molecule has 3 rings (SSSR count). The van der Waals surface area contributed by atoms with Gasteiger partial charge in [0.15, 0.2) is 12.4 Å². The van der Waals surface area contributed by atoms with E-state index in [1.165, 1.54) is 7.11 Å². The summed E-state index contributed by atoms with van der Waals surface area (Å²) < 4.78 is 16.3. The lowest BCUT2D eigenvalue weighted by atomic mass is 9.98. The van der Waals surface area contributed by atoms with Crippen molar-refractivity contribution >= 4 is 12.2 Å². The minimum absolute atomic E-state index is 0.136. The third kappa shape index (κ3) is 8.15. The van der Waals surface area contributed by atoms with Crippen molar-refractivity contribution in [3.8, 4) is 0 Å². The molecule has 1 fully saturated rings. The number of ether oxygens (including phenoxy) is 3. The first-order valence-electron chi connectivity index (χ1n) is 11.5. The van der Waals surface area contributed by atoms with Gasteiger partial charge >= 0.3 is 5.97 Å². The normalized spacial score (nSPS) is 21.0. The Morgan fingerprint density at radius 3 is 2.39 bits per heavy atom. The maximum atomic E-state index is 11.2. The molecule has 1 heterocycles. The minimum Gasteiger partial charge on any atom is -0.469 e. The number of nitrogens with zero attached hydrogens (tertiary/aromatic N) is 1.